The fraction of sp³-hybridized carbons (Fsp3) is 1.00. The molecule has 0 amide bonds. The van der Waals surface area contributed by atoms with Crippen LogP contribution in [0.15, 0.2) is 0 Å². The Morgan fingerprint density at radius 2 is 0.667 bits per heavy atom. The van der Waals surface area contributed by atoms with Gasteiger partial charge in [0.1, 0.15) is 0 Å². The molecule has 0 aromatic carbocycles. The summed E-state index contributed by atoms with van der Waals surface area (Å²) >= 11 is 0. The molecule has 162 valence electrons. The molecule has 0 radical (unpaired) electrons. The first-order valence-corrected chi connectivity index (χ1v) is 12.0. The van der Waals surface area contributed by atoms with Gasteiger partial charge in [-0.25, -0.2) is 8.42 Å². The SMILES string of the molecule is CCCCCCCCCCCCCCCC.O=S(=O)([O-])O.O=S(=O)([O-])[O-].[Al+3]. The van der Waals surface area contributed by atoms with Crippen LogP contribution in [0.2, 0.25) is 0 Å². The molecule has 0 saturated heterocycles. The zero-order valence-corrected chi connectivity index (χ0v) is 19.4. The molecule has 1 N–H and O–H groups in total. The fourth-order valence-corrected chi connectivity index (χ4v) is 2.27. The van der Waals surface area contributed by atoms with Crippen molar-refractivity contribution in [3.8, 4) is 0 Å². The number of rotatable bonds is 13. The molecule has 0 aromatic rings. The average Bonchev–Trinajstić information content (AvgIpc) is 2.45. The Hall–Kier alpha value is 0.272. The summed E-state index contributed by atoms with van der Waals surface area (Å²) in [7, 11) is -10.1. The minimum absolute atomic E-state index is 0. The summed E-state index contributed by atoms with van der Waals surface area (Å²) in [5.41, 5.74) is 0. The van der Waals surface area contributed by atoms with Crippen LogP contribution in [0.3, 0.4) is 0 Å². The zero-order chi connectivity index (χ0) is 20.9. The molecule has 0 saturated carbocycles. The van der Waals surface area contributed by atoms with Gasteiger partial charge in [0, 0.05) is 10.4 Å². The van der Waals surface area contributed by atoms with E-state index in [0.29, 0.717) is 0 Å². The first-order valence-electron chi connectivity index (χ1n) is 9.26. The maximum Gasteiger partial charge on any atom is 3.00 e. The van der Waals surface area contributed by atoms with Crippen LogP contribution in [0.25, 0.3) is 0 Å². The smallest absolute Gasteiger partial charge is 0.759 e. The van der Waals surface area contributed by atoms with Gasteiger partial charge in [-0.2, -0.15) is 0 Å². The van der Waals surface area contributed by atoms with Crippen molar-refractivity contribution in [3.63, 3.8) is 0 Å². The molecular weight excluding hydrogens is 411 g/mol. The van der Waals surface area contributed by atoms with Crippen LogP contribution < -0.4 is 0 Å². The maximum absolute atomic E-state index is 8.63. The Bertz CT molecular complexity index is 407. The molecule has 0 aliphatic heterocycles. The first-order chi connectivity index (χ1) is 11.9. The van der Waals surface area contributed by atoms with Gasteiger partial charge in [0.2, 0.25) is 10.4 Å². The summed E-state index contributed by atoms with van der Waals surface area (Å²) in [5.74, 6) is 0. The molecule has 0 spiro atoms. The largest absolute Gasteiger partial charge is 3.00 e. The molecule has 0 aliphatic carbocycles. The van der Waals surface area contributed by atoms with E-state index < -0.39 is 20.8 Å². The van der Waals surface area contributed by atoms with Crippen molar-refractivity contribution < 1.29 is 35.0 Å². The monoisotopic (exact) mass is 446 g/mol. The average molecular weight is 447 g/mol. The van der Waals surface area contributed by atoms with E-state index in [1.165, 1.54) is 89.9 Å². The molecule has 8 nitrogen and oxygen atoms in total. The molecule has 0 rings (SSSR count). The molecule has 0 unspecified atom stereocenters. The summed E-state index contributed by atoms with van der Waals surface area (Å²) in [6.45, 7) is 4.58. The molecule has 0 heterocycles. The van der Waals surface area contributed by atoms with Crippen molar-refractivity contribution in [1.82, 2.24) is 0 Å². The van der Waals surface area contributed by atoms with Crippen LogP contribution in [0, 0.1) is 0 Å². The van der Waals surface area contributed by atoms with Gasteiger partial charge in [-0.05, 0) is 0 Å². The van der Waals surface area contributed by atoms with Gasteiger partial charge in [0.15, 0.2) is 0 Å². The third-order valence-corrected chi connectivity index (χ3v) is 3.46. The van der Waals surface area contributed by atoms with Gasteiger partial charge in [0.25, 0.3) is 0 Å². The van der Waals surface area contributed by atoms with Crippen molar-refractivity contribution in [2.75, 3.05) is 0 Å². The van der Waals surface area contributed by atoms with Gasteiger partial charge in [-0.1, -0.05) is 104 Å². The van der Waals surface area contributed by atoms with Gasteiger partial charge >= 0.3 is 17.4 Å². The maximum atomic E-state index is 8.63. The van der Waals surface area contributed by atoms with E-state index in [9.17, 15) is 0 Å². The summed E-state index contributed by atoms with van der Waals surface area (Å²) in [6.07, 6.45) is 20.4. The van der Waals surface area contributed by atoms with E-state index in [0.717, 1.165) is 0 Å². The van der Waals surface area contributed by atoms with E-state index in [1.54, 1.807) is 0 Å². The summed E-state index contributed by atoms with van der Waals surface area (Å²) in [4.78, 5) is 0. The minimum Gasteiger partial charge on any atom is -0.759 e. The molecule has 0 aliphatic rings. The van der Waals surface area contributed by atoms with Gasteiger partial charge in [-0.15, -0.1) is 0 Å². The third kappa shape index (κ3) is 87.9. The summed E-state index contributed by atoms with van der Waals surface area (Å²) < 4.78 is 66.9. The second-order valence-electron chi connectivity index (χ2n) is 6.08. The molecule has 0 aromatic heterocycles. The van der Waals surface area contributed by atoms with Crippen LogP contribution in [0.5, 0.6) is 0 Å². The van der Waals surface area contributed by atoms with Gasteiger partial charge < -0.3 is 13.7 Å². The molecule has 0 fully saturated rings. The fourth-order valence-electron chi connectivity index (χ4n) is 2.27. The normalized spacial score (nSPS) is 10.7. The number of hydrogen-bond acceptors (Lipinski definition) is 7. The van der Waals surface area contributed by atoms with Crippen LogP contribution in [-0.4, -0.2) is 52.4 Å². The van der Waals surface area contributed by atoms with Crippen molar-refractivity contribution in [3.05, 3.63) is 0 Å². The number of hydrogen-bond donors (Lipinski definition) is 1. The predicted molar refractivity (Wildman–Crippen MR) is 105 cm³/mol. The van der Waals surface area contributed by atoms with E-state index in [-0.39, 0.29) is 17.4 Å². The molecule has 0 atom stereocenters. The Labute approximate surface area is 176 Å². The quantitative estimate of drug-likeness (QED) is 0.194. The van der Waals surface area contributed by atoms with E-state index in [2.05, 4.69) is 13.8 Å². The van der Waals surface area contributed by atoms with E-state index in [1.807, 2.05) is 0 Å². The van der Waals surface area contributed by atoms with Crippen LogP contribution >= 0.6 is 0 Å². The Morgan fingerprint density at radius 3 is 0.778 bits per heavy atom. The number of unbranched alkanes of at least 4 members (excludes halogenated alkanes) is 13. The minimum atomic E-state index is -5.17. The Kier molecular flexibility index (Phi) is 31.3. The van der Waals surface area contributed by atoms with Gasteiger partial charge in [0.05, 0.1) is 0 Å². The van der Waals surface area contributed by atoms with Crippen molar-refractivity contribution >= 4 is 38.2 Å². The Morgan fingerprint density at radius 1 is 0.556 bits per heavy atom. The van der Waals surface area contributed by atoms with Crippen LogP contribution in [-0.2, 0) is 20.8 Å². The predicted octanol–water partition coefficient (Wildman–Crippen LogP) is 3.77. The van der Waals surface area contributed by atoms with Gasteiger partial charge in [-0.3, -0.25) is 13.0 Å². The van der Waals surface area contributed by atoms with Crippen molar-refractivity contribution in [2.45, 2.75) is 104 Å². The summed E-state index contributed by atoms with van der Waals surface area (Å²) in [5, 5.41) is 0. The van der Waals surface area contributed by atoms with Crippen LogP contribution in [0.4, 0.5) is 0 Å². The second-order valence-corrected chi connectivity index (χ2v) is 7.75. The van der Waals surface area contributed by atoms with E-state index in [4.69, 9.17) is 35.0 Å². The van der Waals surface area contributed by atoms with Crippen LogP contribution in [0.1, 0.15) is 104 Å². The third-order valence-electron chi connectivity index (χ3n) is 3.46. The topological polar surface area (TPSA) is 158 Å². The molecular formula is C16H35AlO8S2. The summed E-state index contributed by atoms with van der Waals surface area (Å²) in [6, 6.07) is 0. The van der Waals surface area contributed by atoms with E-state index >= 15 is 0 Å². The van der Waals surface area contributed by atoms with Crippen molar-refractivity contribution in [1.29, 1.82) is 0 Å². The standard InChI is InChI=1S/C16H34.Al.2H2O4S/c1-3-5-7-9-11-13-15-16-14-12-10-8-6-4-2;;2*1-5(2,3)4/h3-16H2,1-2H3;;2*(H2,1,2,3,4)/q;+3;;/p-3. The molecule has 11 heteroatoms. The molecule has 27 heavy (non-hydrogen) atoms. The van der Waals surface area contributed by atoms with Crippen molar-refractivity contribution in [2.24, 2.45) is 0 Å². The Balaban J connectivity index is -0.000000199. The molecule has 0 bridgehead atoms. The first kappa shape index (κ1) is 34.8. The zero-order valence-electron chi connectivity index (χ0n) is 16.6. The second kappa shape index (κ2) is 24.3.